The van der Waals surface area contributed by atoms with Crippen LogP contribution in [0.3, 0.4) is 0 Å². The zero-order chi connectivity index (χ0) is 14.9. The molecule has 0 saturated heterocycles. The molecular formula is C13H11BrF2N2OS. The van der Waals surface area contributed by atoms with Crippen molar-refractivity contribution in [2.24, 2.45) is 0 Å². The predicted octanol–water partition coefficient (Wildman–Crippen LogP) is 3.98. The molecule has 1 N–H and O–H groups in total. The molecule has 20 heavy (non-hydrogen) atoms. The number of nitrogens with zero attached hydrogens (tertiary/aromatic N) is 1. The van der Waals surface area contributed by atoms with E-state index in [0.29, 0.717) is 5.01 Å². The third-order valence-electron chi connectivity index (χ3n) is 2.59. The zero-order valence-electron chi connectivity index (χ0n) is 10.7. The van der Waals surface area contributed by atoms with Crippen LogP contribution in [0.2, 0.25) is 0 Å². The summed E-state index contributed by atoms with van der Waals surface area (Å²) in [4.78, 5) is 16.2. The van der Waals surface area contributed by atoms with Gasteiger partial charge in [-0.05, 0) is 26.0 Å². The van der Waals surface area contributed by atoms with Gasteiger partial charge in [0.2, 0.25) is 0 Å². The molecule has 1 aromatic carbocycles. The summed E-state index contributed by atoms with van der Waals surface area (Å²) in [6.45, 7) is 3.55. The summed E-state index contributed by atoms with van der Waals surface area (Å²) in [5.41, 5.74) is 0.250. The van der Waals surface area contributed by atoms with Crippen LogP contribution < -0.4 is 5.32 Å². The fraction of sp³-hybridized carbons (Fsp3) is 0.231. The van der Waals surface area contributed by atoms with Gasteiger partial charge >= 0.3 is 0 Å². The second kappa shape index (κ2) is 5.97. The third kappa shape index (κ3) is 3.21. The van der Waals surface area contributed by atoms with Crippen LogP contribution in [0.1, 0.15) is 34.0 Å². The van der Waals surface area contributed by atoms with Crippen LogP contribution in [0.4, 0.5) is 8.78 Å². The third-order valence-corrected chi connectivity index (χ3v) is 4.19. The molecule has 0 radical (unpaired) electrons. The zero-order valence-corrected chi connectivity index (χ0v) is 13.1. The van der Waals surface area contributed by atoms with Crippen molar-refractivity contribution in [2.75, 3.05) is 0 Å². The van der Waals surface area contributed by atoms with Crippen LogP contribution in [0.25, 0.3) is 0 Å². The number of nitrogens with one attached hydrogen (secondary N) is 1. The Kier molecular flexibility index (Phi) is 4.49. The van der Waals surface area contributed by atoms with Crippen LogP contribution >= 0.6 is 27.3 Å². The summed E-state index contributed by atoms with van der Waals surface area (Å²) in [7, 11) is 0. The first kappa shape index (κ1) is 15.1. The smallest absolute Gasteiger partial charge is 0.257 e. The van der Waals surface area contributed by atoms with Gasteiger partial charge in [0.05, 0.1) is 6.04 Å². The van der Waals surface area contributed by atoms with Crippen molar-refractivity contribution in [1.82, 2.24) is 10.3 Å². The quantitative estimate of drug-likeness (QED) is 0.899. The monoisotopic (exact) mass is 360 g/mol. The highest BCUT2D eigenvalue weighted by atomic mass is 79.9. The van der Waals surface area contributed by atoms with Crippen molar-refractivity contribution in [2.45, 2.75) is 19.9 Å². The van der Waals surface area contributed by atoms with E-state index in [-0.39, 0.29) is 4.47 Å². The van der Waals surface area contributed by atoms with Gasteiger partial charge in [0.25, 0.3) is 5.91 Å². The summed E-state index contributed by atoms with van der Waals surface area (Å²) in [5.74, 6) is -2.61. The average molecular weight is 361 g/mol. The first-order valence-electron chi connectivity index (χ1n) is 5.76. The Bertz CT molecular complexity index is 637. The molecule has 7 heteroatoms. The number of amides is 1. The van der Waals surface area contributed by atoms with Crippen molar-refractivity contribution < 1.29 is 13.6 Å². The molecular weight excluding hydrogens is 350 g/mol. The predicted molar refractivity (Wildman–Crippen MR) is 76.8 cm³/mol. The molecule has 0 aliphatic rings. The van der Waals surface area contributed by atoms with Gasteiger partial charge in [0, 0.05) is 15.5 Å². The number of thiazole rings is 1. The van der Waals surface area contributed by atoms with Crippen molar-refractivity contribution in [3.05, 3.63) is 49.9 Å². The number of carbonyl (C=O) groups excluding carboxylic acids is 1. The highest BCUT2D eigenvalue weighted by Crippen LogP contribution is 2.22. The minimum Gasteiger partial charge on any atom is -0.343 e. The molecule has 0 aliphatic carbocycles. The Balaban J connectivity index is 2.20. The normalized spacial score (nSPS) is 12.2. The van der Waals surface area contributed by atoms with Gasteiger partial charge in [-0.2, -0.15) is 0 Å². The summed E-state index contributed by atoms with van der Waals surface area (Å²) < 4.78 is 27.6. The summed E-state index contributed by atoms with van der Waals surface area (Å²) >= 11 is 4.35. The van der Waals surface area contributed by atoms with Crippen molar-refractivity contribution in [3.8, 4) is 0 Å². The maximum Gasteiger partial charge on any atom is 0.257 e. The van der Waals surface area contributed by atoms with E-state index in [1.807, 2.05) is 12.3 Å². The lowest BCUT2D eigenvalue weighted by Gasteiger charge is -2.12. The number of rotatable bonds is 3. The molecule has 2 rings (SSSR count). The second-order valence-corrected chi connectivity index (χ2v) is 6.07. The molecule has 0 fully saturated rings. The maximum atomic E-state index is 13.7. The Labute approximate surface area is 127 Å². The molecule has 0 spiro atoms. The summed E-state index contributed by atoms with van der Waals surface area (Å²) in [6, 6.07) is 1.69. The summed E-state index contributed by atoms with van der Waals surface area (Å²) in [6.07, 6.45) is 0. The SMILES string of the molecule is Cc1csc(C(C)NC(=O)c2c(F)cc(Br)cc2F)n1. The van der Waals surface area contributed by atoms with Gasteiger partial charge in [-0.3, -0.25) is 4.79 Å². The Morgan fingerprint density at radius 2 is 2.00 bits per heavy atom. The van der Waals surface area contributed by atoms with Gasteiger partial charge in [-0.25, -0.2) is 13.8 Å². The van der Waals surface area contributed by atoms with E-state index in [1.165, 1.54) is 11.3 Å². The van der Waals surface area contributed by atoms with E-state index in [1.54, 1.807) is 6.92 Å². The van der Waals surface area contributed by atoms with Gasteiger partial charge in [-0.15, -0.1) is 11.3 Å². The minimum absolute atomic E-state index is 0.243. The van der Waals surface area contributed by atoms with E-state index >= 15 is 0 Å². The van der Waals surface area contributed by atoms with Crippen molar-refractivity contribution >= 4 is 33.2 Å². The molecule has 3 nitrogen and oxygen atoms in total. The molecule has 1 unspecified atom stereocenters. The van der Waals surface area contributed by atoms with Gasteiger partial charge < -0.3 is 5.32 Å². The lowest BCUT2D eigenvalue weighted by Crippen LogP contribution is -2.28. The molecule has 1 aromatic heterocycles. The van der Waals surface area contributed by atoms with E-state index < -0.39 is 29.1 Å². The fourth-order valence-electron chi connectivity index (χ4n) is 1.66. The molecule has 2 aromatic rings. The number of aryl methyl sites for hydroxylation is 1. The Hall–Kier alpha value is -1.34. The van der Waals surface area contributed by atoms with Crippen molar-refractivity contribution in [1.29, 1.82) is 0 Å². The number of benzene rings is 1. The lowest BCUT2D eigenvalue weighted by molar-refractivity contribution is 0.0931. The van der Waals surface area contributed by atoms with E-state index in [4.69, 9.17) is 0 Å². The molecule has 0 saturated carbocycles. The highest BCUT2D eigenvalue weighted by molar-refractivity contribution is 9.10. The number of halogens is 3. The standard InChI is InChI=1S/C13H11BrF2N2OS/c1-6-5-20-13(17-6)7(2)18-12(19)11-9(15)3-8(14)4-10(11)16/h3-5,7H,1-2H3,(H,18,19). The minimum atomic E-state index is -0.906. The van der Waals surface area contributed by atoms with Gasteiger partial charge in [0.15, 0.2) is 0 Å². The molecule has 0 aliphatic heterocycles. The topological polar surface area (TPSA) is 42.0 Å². The van der Waals surface area contributed by atoms with E-state index in [2.05, 4.69) is 26.2 Å². The lowest BCUT2D eigenvalue weighted by atomic mass is 10.1. The number of aromatic nitrogens is 1. The largest absolute Gasteiger partial charge is 0.343 e. The van der Waals surface area contributed by atoms with E-state index in [9.17, 15) is 13.6 Å². The second-order valence-electron chi connectivity index (χ2n) is 4.27. The van der Waals surface area contributed by atoms with Gasteiger partial charge in [0.1, 0.15) is 22.2 Å². The molecule has 1 heterocycles. The Morgan fingerprint density at radius 3 is 2.50 bits per heavy atom. The molecule has 0 bridgehead atoms. The van der Waals surface area contributed by atoms with E-state index in [0.717, 1.165) is 17.8 Å². The Morgan fingerprint density at radius 1 is 1.40 bits per heavy atom. The van der Waals surface area contributed by atoms with Crippen LogP contribution in [0.5, 0.6) is 0 Å². The average Bonchev–Trinajstić information content (AvgIpc) is 2.74. The maximum absolute atomic E-state index is 13.7. The van der Waals surface area contributed by atoms with Crippen LogP contribution in [0.15, 0.2) is 22.0 Å². The number of carbonyl (C=O) groups is 1. The van der Waals surface area contributed by atoms with Crippen molar-refractivity contribution in [3.63, 3.8) is 0 Å². The van der Waals surface area contributed by atoms with Crippen LogP contribution in [-0.4, -0.2) is 10.9 Å². The summed E-state index contributed by atoms with van der Waals surface area (Å²) in [5, 5.41) is 5.08. The molecule has 1 atom stereocenters. The fourth-order valence-corrected chi connectivity index (χ4v) is 2.87. The van der Waals surface area contributed by atoms with Gasteiger partial charge in [-0.1, -0.05) is 15.9 Å². The highest BCUT2D eigenvalue weighted by Gasteiger charge is 2.21. The number of hydrogen-bond acceptors (Lipinski definition) is 3. The first-order chi connectivity index (χ1) is 9.38. The number of hydrogen-bond donors (Lipinski definition) is 1. The molecule has 1 amide bonds. The molecule has 106 valence electrons. The first-order valence-corrected chi connectivity index (χ1v) is 7.43. The van der Waals surface area contributed by atoms with Crippen LogP contribution in [-0.2, 0) is 0 Å². The van der Waals surface area contributed by atoms with Crippen LogP contribution in [0, 0.1) is 18.6 Å².